The van der Waals surface area contributed by atoms with Gasteiger partial charge in [0.1, 0.15) is 0 Å². The Morgan fingerprint density at radius 1 is 1.38 bits per heavy atom. The SMILES string of the molecule is CCNC(c1cnc2ccsc2c1)c1c(Cl)cnn1CC. The Labute approximate surface area is 132 Å². The highest BCUT2D eigenvalue weighted by atomic mass is 35.5. The quantitative estimate of drug-likeness (QED) is 0.776. The van der Waals surface area contributed by atoms with Crippen LogP contribution >= 0.6 is 22.9 Å². The molecule has 3 rings (SSSR count). The molecule has 0 aliphatic rings. The van der Waals surface area contributed by atoms with E-state index >= 15 is 0 Å². The van der Waals surface area contributed by atoms with Gasteiger partial charge in [0.2, 0.25) is 0 Å². The van der Waals surface area contributed by atoms with E-state index in [0.29, 0.717) is 5.02 Å². The zero-order chi connectivity index (χ0) is 14.8. The van der Waals surface area contributed by atoms with Gasteiger partial charge in [0.05, 0.1) is 33.2 Å². The van der Waals surface area contributed by atoms with Gasteiger partial charge in [0.25, 0.3) is 0 Å². The van der Waals surface area contributed by atoms with Crippen molar-refractivity contribution >= 4 is 33.2 Å². The number of pyridine rings is 1. The minimum Gasteiger partial charge on any atom is -0.305 e. The summed E-state index contributed by atoms with van der Waals surface area (Å²) in [6.07, 6.45) is 3.63. The molecule has 0 saturated heterocycles. The molecular formula is C15H17ClN4S. The first-order valence-electron chi connectivity index (χ1n) is 7.02. The molecule has 3 aromatic rings. The van der Waals surface area contributed by atoms with E-state index in [9.17, 15) is 0 Å². The van der Waals surface area contributed by atoms with Crippen molar-refractivity contribution in [2.24, 2.45) is 0 Å². The predicted octanol–water partition coefficient (Wildman–Crippen LogP) is 3.87. The minimum atomic E-state index is 0.00366. The second-order valence-corrected chi connectivity index (χ2v) is 6.11. The van der Waals surface area contributed by atoms with E-state index in [1.807, 2.05) is 16.9 Å². The molecule has 0 aliphatic carbocycles. The summed E-state index contributed by atoms with van der Waals surface area (Å²) in [6, 6.07) is 4.22. The van der Waals surface area contributed by atoms with Crippen molar-refractivity contribution in [2.75, 3.05) is 6.54 Å². The van der Waals surface area contributed by atoms with Gasteiger partial charge < -0.3 is 5.32 Å². The lowest BCUT2D eigenvalue weighted by molar-refractivity contribution is 0.542. The van der Waals surface area contributed by atoms with Crippen molar-refractivity contribution in [3.63, 3.8) is 0 Å². The summed E-state index contributed by atoms with van der Waals surface area (Å²) in [5.41, 5.74) is 3.15. The van der Waals surface area contributed by atoms with E-state index in [2.05, 4.69) is 40.7 Å². The Hall–Kier alpha value is -1.43. The standard InChI is InChI=1S/C15H17ClN4S/c1-3-17-14(15-11(16)9-19-20(15)4-2)10-7-13-12(18-8-10)5-6-21-13/h5-9,14,17H,3-4H2,1-2H3. The van der Waals surface area contributed by atoms with Gasteiger partial charge in [-0.05, 0) is 36.5 Å². The first-order valence-corrected chi connectivity index (χ1v) is 8.28. The normalized spacial score (nSPS) is 12.9. The van der Waals surface area contributed by atoms with Crippen LogP contribution < -0.4 is 5.32 Å². The Balaban J connectivity index is 2.10. The molecule has 0 saturated carbocycles. The Morgan fingerprint density at radius 2 is 2.24 bits per heavy atom. The molecule has 0 fully saturated rings. The highest BCUT2D eigenvalue weighted by molar-refractivity contribution is 7.17. The number of hydrogen-bond donors (Lipinski definition) is 1. The molecule has 0 spiro atoms. The third-order valence-corrected chi connectivity index (χ3v) is 4.62. The molecule has 0 bridgehead atoms. The number of hydrogen-bond acceptors (Lipinski definition) is 4. The number of fused-ring (bicyclic) bond motifs is 1. The number of nitrogens with zero attached hydrogens (tertiary/aromatic N) is 3. The molecule has 1 N–H and O–H groups in total. The van der Waals surface area contributed by atoms with Crippen molar-refractivity contribution < 1.29 is 0 Å². The molecule has 1 unspecified atom stereocenters. The summed E-state index contributed by atoms with van der Waals surface area (Å²) in [7, 11) is 0. The molecule has 3 aromatic heterocycles. The number of rotatable bonds is 5. The van der Waals surface area contributed by atoms with Crippen molar-refractivity contribution in [3.8, 4) is 0 Å². The molecule has 0 aliphatic heterocycles. The minimum absolute atomic E-state index is 0.00366. The van der Waals surface area contributed by atoms with Crippen LogP contribution in [0.15, 0.2) is 29.9 Å². The average molecular weight is 321 g/mol. The number of thiophene rings is 1. The van der Waals surface area contributed by atoms with Crippen LogP contribution in [-0.2, 0) is 6.54 Å². The van der Waals surface area contributed by atoms with Gasteiger partial charge in [0.15, 0.2) is 0 Å². The molecular weight excluding hydrogens is 304 g/mol. The Morgan fingerprint density at radius 3 is 3.00 bits per heavy atom. The van der Waals surface area contributed by atoms with Crippen molar-refractivity contribution in [1.82, 2.24) is 20.1 Å². The van der Waals surface area contributed by atoms with E-state index in [1.54, 1.807) is 17.5 Å². The Kier molecular flexibility index (Phi) is 4.24. The molecule has 0 radical (unpaired) electrons. The molecule has 6 heteroatoms. The molecule has 110 valence electrons. The fraction of sp³-hybridized carbons (Fsp3) is 0.333. The van der Waals surface area contributed by atoms with Gasteiger partial charge in [-0.25, -0.2) is 0 Å². The lowest BCUT2D eigenvalue weighted by Crippen LogP contribution is -2.25. The van der Waals surface area contributed by atoms with Gasteiger partial charge >= 0.3 is 0 Å². The first kappa shape index (κ1) is 14.5. The zero-order valence-corrected chi connectivity index (χ0v) is 13.6. The molecule has 3 heterocycles. The van der Waals surface area contributed by atoms with E-state index in [1.165, 1.54) is 4.70 Å². The van der Waals surface area contributed by atoms with Gasteiger partial charge in [-0.2, -0.15) is 5.10 Å². The monoisotopic (exact) mass is 320 g/mol. The van der Waals surface area contributed by atoms with Crippen LogP contribution in [0.25, 0.3) is 10.2 Å². The first-order chi connectivity index (χ1) is 10.2. The molecule has 0 aromatic carbocycles. The van der Waals surface area contributed by atoms with Crippen molar-refractivity contribution in [1.29, 1.82) is 0 Å². The number of aromatic nitrogens is 3. The molecule has 1 atom stereocenters. The largest absolute Gasteiger partial charge is 0.305 e. The number of aryl methyl sites for hydroxylation is 1. The van der Waals surface area contributed by atoms with Gasteiger partial charge in [0, 0.05) is 12.7 Å². The van der Waals surface area contributed by atoms with Crippen molar-refractivity contribution in [3.05, 3.63) is 46.2 Å². The fourth-order valence-corrected chi connectivity index (χ4v) is 3.55. The lowest BCUT2D eigenvalue weighted by Gasteiger charge is -2.20. The third kappa shape index (κ3) is 2.69. The topological polar surface area (TPSA) is 42.7 Å². The number of nitrogens with one attached hydrogen (secondary N) is 1. The second kappa shape index (κ2) is 6.13. The molecule has 21 heavy (non-hydrogen) atoms. The summed E-state index contributed by atoms with van der Waals surface area (Å²) < 4.78 is 3.13. The number of halogens is 1. The van der Waals surface area contributed by atoms with Crippen LogP contribution in [0, 0.1) is 0 Å². The van der Waals surface area contributed by atoms with Crippen molar-refractivity contribution in [2.45, 2.75) is 26.4 Å². The summed E-state index contributed by atoms with van der Waals surface area (Å²) in [5.74, 6) is 0. The van der Waals surface area contributed by atoms with E-state index < -0.39 is 0 Å². The summed E-state index contributed by atoms with van der Waals surface area (Å²) >= 11 is 8.06. The van der Waals surface area contributed by atoms with E-state index in [-0.39, 0.29) is 6.04 Å². The predicted molar refractivity (Wildman–Crippen MR) is 88.1 cm³/mol. The van der Waals surface area contributed by atoms with Crippen LogP contribution in [0.3, 0.4) is 0 Å². The highest BCUT2D eigenvalue weighted by Gasteiger charge is 2.21. The zero-order valence-electron chi connectivity index (χ0n) is 12.0. The maximum atomic E-state index is 6.36. The summed E-state index contributed by atoms with van der Waals surface area (Å²) in [4.78, 5) is 4.54. The smallest absolute Gasteiger partial charge is 0.0837 e. The maximum absolute atomic E-state index is 6.36. The Bertz CT molecular complexity index is 749. The van der Waals surface area contributed by atoms with Crippen LogP contribution in [0.4, 0.5) is 0 Å². The van der Waals surface area contributed by atoms with Gasteiger partial charge in [-0.3, -0.25) is 9.67 Å². The third-order valence-electron chi connectivity index (χ3n) is 3.47. The van der Waals surface area contributed by atoms with Gasteiger partial charge in [-0.15, -0.1) is 11.3 Å². The summed E-state index contributed by atoms with van der Waals surface area (Å²) in [6.45, 7) is 5.79. The highest BCUT2D eigenvalue weighted by Crippen LogP contribution is 2.30. The fourth-order valence-electron chi connectivity index (χ4n) is 2.51. The molecule has 0 amide bonds. The van der Waals surface area contributed by atoms with Gasteiger partial charge in [-0.1, -0.05) is 18.5 Å². The van der Waals surface area contributed by atoms with Crippen LogP contribution in [0.5, 0.6) is 0 Å². The maximum Gasteiger partial charge on any atom is 0.0837 e. The van der Waals surface area contributed by atoms with Crippen LogP contribution in [0.2, 0.25) is 5.02 Å². The van der Waals surface area contributed by atoms with E-state index in [4.69, 9.17) is 11.6 Å². The lowest BCUT2D eigenvalue weighted by atomic mass is 10.1. The second-order valence-electron chi connectivity index (χ2n) is 4.76. The molecule has 4 nitrogen and oxygen atoms in total. The summed E-state index contributed by atoms with van der Waals surface area (Å²) in [5, 5.41) is 10.6. The van der Waals surface area contributed by atoms with E-state index in [0.717, 1.165) is 29.9 Å². The van der Waals surface area contributed by atoms with Crippen LogP contribution in [0.1, 0.15) is 31.1 Å². The average Bonchev–Trinajstić information content (AvgIpc) is 3.10. The van der Waals surface area contributed by atoms with Crippen LogP contribution in [-0.4, -0.2) is 21.3 Å².